The van der Waals surface area contributed by atoms with Crippen molar-refractivity contribution in [1.29, 1.82) is 0 Å². The number of carbonyl (C=O) groups is 1. The number of halogens is 1. The number of morpholine rings is 1. The molecule has 0 saturated carbocycles. The van der Waals surface area contributed by atoms with E-state index in [1.54, 1.807) is 17.0 Å². The molecule has 1 aliphatic heterocycles. The van der Waals surface area contributed by atoms with Crippen LogP contribution in [0.3, 0.4) is 0 Å². The molecule has 6 nitrogen and oxygen atoms in total. The van der Waals surface area contributed by atoms with Gasteiger partial charge in [0.15, 0.2) is 0 Å². The van der Waals surface area contributed by atoms with Gasteiger partial charge in [0.25, 0.3) is 0 Å². The SMILES string of the molecule is CS(=O)(=O)N(CCC(=O)N1CCOCC1)CCc1ccc(Cl)cc1. The first kappa shape index (κ1) is 19.2. The Morgan fingerprint density at radius 3 is 2.42 bits per heavy atom. The van der Waals surface area contributed by atoms with Crippen molar-refractivity contribution in [2.75, 3.05) is 45.6 Å². The zero-order chi connectivity index (χ0) is 17.6. The van der Waals surface area contributed by atoms with Gasteiger partial charge in [0.05, 0.1) is 19.5 Å². The summed E-state index contributed by atoms with van der Waals surface area (Å²) in [5, 5.41) is 0.648. The second-order valence-electron chi connectivity index (χ2n) is 5.78. The maximum absolute atomic E-state index is 12.2. The lowest BCUT2D eigenvalue weighted by molar-refractivity contribution is -0.135. The van der Waals surface area contributed by atoms with Gasteiger partial charge in [-0.25, -0.2) is 12.7 Å². The lowest BCUT2D eigenvalue weighted by Crippen LogP contribution is -2.42. The maximum Gasteiger partial charge on any atom is 0.224 e. The molecule has 0 aliphatic carbocycles. The number of nitrogens with zero attached hydrogens (tertiary/aromatic N) is 2. The first-order valence-corrected chi connectivity index (χ1v) is 10.1. The Morgan fingerprint density at radius 2 is 1.83 bits per heavy atom. The Labute approximate surface area is 148 Å². The zero-order valence-corrected chi connectivity index (χ0v) is 15.4. The van der Waals surface area contributed by atoms with E-state index < -0.39 is 10.0 Å². The molecule has 1 fully saturated rings. The van der Waals surface area contributed by atoms with Crippen LogP contribution >= 0.6 is 11.6 Å². The highest BCUT2D eigenvalue weighted by Gasteiger charge is 2.21. The number of carbonyl (C=O) groups excluding carboxylic acids is 1. The molecule has 0 aromatic heterocycles. The molecular formula is C16H23ClN2O4S. The lowest BCUT2D eigenvalue weighted by atomic mass is 10.1. The third kappa shape index (κ3) is 6.05. The van der Waals surface area contributed by atoms with Crippen molar-refractivity contribution in [3.05, 3.63) is 34.9 Å². The van der Waals surface area contributed by atoms with E-state index in [9.17, 15) is 13.2 Å². The molecule has 1 aromatic rings. The molecule has 1 heterocycles. The van der Waals surface area contributed by atoms with Crippen LogP contribution in [0.1, 0.15) is 12.0 Å². The third-order valence-corrected chi connectivity index (χ3v) is 5.53. The van der Waals surface area contributed by atoms with Gasteiger partial charge in [-0.05, 0) is 24.1 Å². The minimum absolute atomic E-state index is 0.0292. The van der Waals surface area contributed by atoms with Crippen molar-refractivity contribution >= 4 is 27.5 Å². The largest absolute Gasteiger partial charge is 0.378 e. The third-order valence-electron chi connectivity index (χ3n) is 3.97. The van der Waals surface area contributed by atoms with Crippen LogP contribution in [0.15, 0.2) is 24.3 Å². The smallest absolute Gasteiger partial charge is 0.224 e. The monoisotopic (exact) mass is 374 g/mol. The summed E-state index contributed by atoms with van der Waals surface area (Å²) in [6, 6.07) is 7.32. The number of benzene rings is 1. The van der Waals surface area contributed by atoms with E-state index in [4.69, 9.17) is 16.3 Å². The summed E-state index contributed by atoms with van der Waals surface area (Å²) in [7, 11) is -3.36. The standard InChI is InChI=1S/C16H23ClN2O4S/c1-24(21,22)19(8-6-14-2-4-15(17)5-3-14)9-7-16(20)18-10-12-23-13-11-18/h2-5H,6-13H2,1H3. The molecule has 24 heavy (non-hydrogen) atoms. The van der Waals surface area contributed by atoms with Gasteiger partial charge in [-0.3, -0.25) is 4.79 Å². The summed E-state index contributed by atoms with van der Waals surface area (Å²) in [6.45, 7) is 2.76. The molecule has 0 atom stereocenters. The number of rotatable bonds is 7. The number of hydrogen-bond acceptors (Lipinski definition) is 4. The molecule has 2 rings (SSSR count). The second kappa shape index (κ2) is 8.80. The van der Waals surface area contributed by atoms with E-state index in [0.29, 0.717) is 44.3 Å². The van der Waals surface area contributed by atoms with Crippen molar-refractivity contribution in [3.8, 4) is 0 Å². The molecular weight excluding hydrogens is 352 g/mol. The molecule has 0 unspecified atom stereocenters. The lowest BCUT2D eigenvalue weighted by Gasteiger charge is -2.28. The molecule has 134 valence electrons. The molecule has 0 radical (unpaired) electrons. The topological polar surface area (TPSA) is 66.9 Å². The van der Waals surface area contributed by atoms with E-state index in [0.717, 1.165) is 5.56 Å². The average molecular weight is 375 g/mol. The predicted molar refractivity (Wildman–Crippen MR) is 93.6 cm³/mol. The van der Waals surface area contributed by atoms with Crippen LogP contribution in [0, 0.1) is 0 Å². The fraction of sp³-hybridized carbons (Fsp3) is 0.562. The summed E-state index contributed by atoms with van der Waals surface area (Å²) >= 11 is 5.85. The van der Waals surface area contributed by atoms with Crippen LogP contribution in [0.2, 0.25) is 5.02 Å². The van der Waals surface area contributed by atoms with Crippen molar-refractivity contribution in [3.63, 3.8) is 0 Å². The minimum atomic E-state index is -3.36. The van der Waals surface area contributed by atoms with Crippen LogP contribution in [0.5, 0.6) is 0 Å². The van der Waals surface area contributed by atoms with Gasteiger partial charge in [0.1, 0.15) is 0 Å². The summed E-state index contributed by atoms with van der Waals surface area (Å²) in [5.74, 6) is -0.0292. The molecule has 1 aliphatic rings. The van der Waals surface area contributed by atoms with Crippen molar-refractivity contribution in [2.24, 2.45) is 0 Å². The Hall–Kier alpha value is -1.15. The van der Waals surface area contributed by atoms with E-state index >= 15 is 0 Å². The normalized spacial score (nSPS) is 15.7. The number of sulfonamides is 1. The highest BCUT2D eigenvalue weighted by Crippen LogP contribution is 2.12. The van der Waals surface area contributed by atoms with Crippen LogP contribution in [0.25, 0.3) is 0 Å². The molecule has 0 bridgehead atoms. The van der Waals surface area contributed by atoms with Gasteiger partial charge < -0.3 is 9.64 Å². The van der Waals surface area contributed by atoms with Gasteiger partial charge in [0, 0.05) is 37.6 Å². The number of amides is 1. The summed E-state index contributed by atoms with van der Waals surface area (Å²) < 4.78 is 30.5. The Kier molecular flexibility index (Phi) is 7.03. The molecule has 8 heteroatoms. The van der Waals surface area contributed by atoms with E-state index in [-0.39, 0.29) is 18.9 Å². The van der Waals surface area contributed by atoms with Crippen molar-refractivity contribution in [2.45, 2.75) is 12.8 Å². The average Bonchev–Trinajstić information content (AvgIpc) is 2.55. The van der Waals surface area contributed by atoms with Gasteiger partial charge in [-0.2, -0.15) is 0 Å². The fourth-order valence-electron chi connectivity index (χ4n) is 2.54. The van der Waals surface area contributed by atoms with E-state index in [1.165, 1.54) is 10.6 Å². The Morgan fingerprint density at radius 1 is 1.21 bits per heavy atom. The van der Waals surface area contributed by atoms with Crippen molar-refractivity contribution < 1.29 is 17.9 Å². The number of hydrogen-bond donors (Lipinski definition) is 0. The van der Waals surface area contributed by atoms with Gasteiger partial charge in [-0.1, -0.05) is 23.7 Å². The molecule has 1 saturated heterocycles. The van der Waals surface area contributed by atoms with Crippen LogP contribution in [0.4, 0.5) is 0 Å². The summed E-state index contributed by atoms with van der Waals surface area (Å²) in [4.78, 5) is 13.9. The quantitative estimate of drug-likeness (QED) is 0.723. The minimum Gasteiger partial charge on any atom is -0.378 e. The first-order chi connectivity index (χ1) is 11.4. The zero-order valence-electron chi connectivity index (χ0n) is 13.8. The molecule has 1 amide bonds. The van der Waals surface area contributed by atoms with Gasteiger partial charge in [-0.15, -0.1) is 0 Å². The second-order valence-corrected chi connectivity index (χ2v) is 8.20. The van der Waals surface area contributed by atoms with Gasteiger partial charge >= 0.3 is 0 Å². The first-order valence-electron chi connectivity index (χ1n) is 7.91. The fourth-order valence-corrected chi connectivity index (χ4v) is 3.51. The van der Waals surface area contributed by atoms with E-state index in [1.807, 2.05) is 12.1 Å². The van der Waals surface area contributed by atoms with Crippen LogP contribution < -0.4 is 0 Å². The highest BCUT2D eigenvalue weighted by molar-refractivity contribution is 7.88. The van der Waals surface area contributed by atoms with E-state index in [2.05, 4.69) is 0 Å². The van der Waals surface area contributed by atoms with Crippen molar-refractivity contribution in [1.82, 2.24) is 9.21 Å². The van der Waals surface area contributed by atoms with Crippen LogP contribution in [-0.2, 0) is 26.0 Å². The number of ether oxygens (including phenoxy) is 1. The predicted octanol–water partition coefficient (Wildman–Crippen LogP) is 1.39. The Balaban J connectivity index is 1.88. The molecule has 1 aromatic carbocycles. The Bertz CT molecular complexity index is 643. The molecule has 0 N–H and O–H groups in total. The highest BCUT2D eigenvalue weighted by atomic mass is 35.5. The summed E-state index contributed by atoms with van der Waals surface area (Å²) in [5.41, 5.74) is 1.01. The summed E-state index contributed by atoms with van der Waals surface area (Å²) in [6.07, 6.45) is 1.94. The maximum atomic E-state index is 12.2. The van der Waals surface area contributed by atoms with Gasteiger partial charge in [0.2, 0.25) is 15.9 Å². The van der Waals surface area contributed by atoms with Crippen LogP contribution in [-0.4, -0.2) is 69.2 Å². The molecule has 0 spiro atoms.